The maximum absolute atomic E-state index is 10.3. The summed E-state index contributed by atoms with van der Waals surface area (Å²) in [6, 6.07) is 15.6. The Labute approximate surface area is 137 Å². The minimum absolute atomic E-state index is 0.405. The van der Waals surface area contributed by atoms with Crippen LogP contribution < -0.4 is 4.74 Å². The zero-order chi connectivity index (χ0) is 15.9. The SMILES string of the molecule is OC(CN1CCC(COc2ccccn2)CC1)c1ccccc1. The van der Waals surface area contributed by atoms with Crippen LogP contribution >= 0.6 is 0 Å². The predicted molar refractivity (Wildman–Crippen MR) is 90.3 cm³/mol. The summed E-state index contributed by atoms with van der Waals surface area (Å²) in [5, 5.41) is 10.3. The number of β-amino-alcohol motifs (C(OH)–C–C–N with tert-alkyl or cyclic N) is 1. The summed E-state index contributed by atoms with van der Waals surface area (Å²) in [4.78, 5) is 6.53. The molecule has 1 unspecified atom stereocenters. The summed E-state index contributed by atoms with van der Waals surface area (Å²) in [5.74, 6) is 1.27. The summed E-state index contributed by atoms with van der Waals surface area (Å²) in [5.41, 5.74) is 0.994. The first-order valence-corrected chi connectivity index (χ1v) is 8.30. The van der Waals surface area contributed by atoms with Gasteiger partial charge in [-0.1, -0.05) is 36.4 Å². The van der Waals surface area contributed by atoms with Crippen LogP contribution in [0, 0.1) is 5.92 Å². The number of hydrogen-bond acceptors (Lipinski definition) is 4. The number of aliphatic hydroxyl groups excluding tert-OH is 1. The normalized spacial score (nSPS) is 17.8. The summed E-state index contributed by atoms with van der Waals surface area (Å²) in [6.45, 7) is 3.46. The Bertz CT molecular complexity index is 568. The molecule has 1 atom stereocenters. The lowest BCUT2D eigenvalue weighted by Gasteiger charge is -2.33. The molecule has 1 N–H and O–H groups in total. The fraction of sp³-hybridized carbons (Fsp3) is 0.421. The molecular weight excluding hydrogens is 288 g/mol. The first kappa shape index (κ1) is 16.0. The molecule has 0 bridgehead atoms. The van der Waals surface area contributed by atoms with Gasteiger partial charge in [0.05, 0.1) is 12.7 Å². The van der Waals surface area contributed by atoms with Crippen molar-refractivity contribution in [1.29, 1.82) is 0 Å². The summed E-state index contributed by atoms with van der Waals surface area (Å²) in [7, 11) is 0. The lowest BCUT2D eigenvalue weighted by atomic mass is 9.97. The van der Waals surface area contributed by atoms with Crippen LogP contribution in [0.2, 0.25) is 0 Å². The van der Waals surface area contributed by atoms with E-state index < -0.39 is 6.10 Å². The van der Waals surface area contributed by atoms with E-state index in [0.29, 0.717) is 18.3 Å². The van der Waals surface area contributed by atoms with Gasteiger partial charge in [-0.15, -0.1) is 0 Å². The highest BCUT2D eigenvalue weighted by molar-refractivity contribution is 5.17. The van der Waals surface area contributed by atoms with Crippen molar-refractivity contribution in [2.45, 2.75) is 18.9 Å². The van der Waals surface area contributed by atoms with Gasteiger partial charge in [-0.25, -0.2) is 4.98 Å². The topological polar surface area (TPSA) is 45.6 Å². The van der Waals surface area contributed by atoms with E-state index in [-0.39, 0.29) is 0 Å². The second-order valence-corrected chi connectivity index (χ2v) is 6.15. The van der Waals surface area contributed by atoms with Crippen LogP contribution in [0.25, 0.3) is 0 Å². The molecule has 1 aromatic carbocycles. The maximum Gasteiger partial charge on any atom is 0.213 e. The summed E-state index contributed by atoms with van der Waals surface area (Å²) in [6.07, 6.45) is 3.56. The molecule has 23 heavy (non-hydrogen) atoms. The van der Waals surface area contributed by atoms with Crippen molar-refractivity contribution in [3.8, 4) is 5.88 Å². The van der Waals surface area contributed by atoms with Gasteiger partial charge in [-0.3, -0.25) is 0 Å². The van der Waals surface area contributed by atoms with E-state index in [9.17, 15) is 5.11 Å². The highest BCUT2D eigenvalue weighted by atomic mass is 16.5. The number of benzene rings is 1. The molecule has 3 rings (SSSR count). The number of hydrogen-bond donors (Lipinski definition) is 1. The molecule has 0 spiro atoms. The van der Waals surface area contributed by atoms with Gasteiger partial charge in [0.15, 0.2) is 0 Å². The molecule has 1 fully saturated rings. The van der Waals surface area contributed by atoms with Crippen molar-refractivity contribution < 1.29 is 9.84 Å². The Balaban J connectivity index is 1.40. The van der Waals surface area contributed by atoms with Crippen molar-refractivity contribution in [2.75, 3.05) is 26.2 Å². The third-order valence-electron chi connectivity index (χ3n) is 4.43. The highest BCUT2D eigenvalue weighted by Gasteiger charge is 2.22. The predicted octanol–water partition coefficient (Wildman–Crippen LogP) is 2.91. The molecule has 1 saturated heterocycles. The Morgan fingerprint density at radius 2 is 1.83 bits per heavy atom. The van der Waals surface area contributed by atoms with Crippen molar-refractivity contribution >= 4 is 0 Å². The number of aliphatic hydroxyl groups is 1. The average molecular weight is 312 g/mol. The molecule has 0 saturated carbocycles. The largest absolute Gasteiger partial charge is 0.477 e. The molecular formula is C19H24N2O2. The molecule has 122 valence electrons. The van der Waals surface area contributed by atoms with E-state index in [1.807, 2.05) is 48.5 Å². The number of rotatable bonds is 6. The van der Waals surface area contributed by atoms with Crippen LogP contribution in [0.3, 0.4) is 0 Å². The smallest absolute Gasteiger partial charge is 0.213 e. The van der Waals surface area contributed by atoms with Crippen molar-refractivity contribution in [2.24, 2.45) is 5.92 Å². The van der Waals surface area contributed by atoms with Gasteiger partial charge in [-0.05, 0) is 43.5 Å². The molecule has 4 heteroatoms. The molecule has 2 heterocycles. The third kappa shape index (κ3) is 4.78. The molecule has 0 amide bonds. The summed E-state index contributed by atoms with van der Waals surface area (Å²) >= 11 is 0. The van der Waals surface area contributed by atoms with Crippen molar-refractivity contribution in [3.05, 3.63) is 60.3 Å². The quantitative estimate of drug-likeness (QED) is 0.891. The van der Waals surface area contributed by atoms with E-state index in [4.69, 9.17) is 4.74 Å². The highest BCUT2D eigenvalue weighted by Crippen LogP contribution is 2.21. The maximum atomic E-state index is 10.3. The minimum Gasteiger partial charge on any atom is -0.477 e. The molecule has 4 nitrogen and oxygen atoms in total. The second-order valence-electron chi connectivity index (χ2n) is 6.15. The molecule has 1 aliphatic heterocycles. The van der Waals surface area contributed by atoms with E-state index in [1.54, 1.807) is 6.20 Å². The summed E-state index contributed by atoms with van der Waals surface area (Å²) < 4.78 is 5.75. The van der Waals surface area contributed by atoms with Crippen LogP contribution in [0.15, 0.2) is 54.7 Å². The standard InChI is InChI=1S/C19H24N2O2/c22-18(17-6-2-1-3-7-17)14-21-12-9-16(10-13-21)15-23-19-8-4-5-11-20-19/h1-8,11,16,18,22H,9-10,12-15H2. The number of likely N-dealkylation sites (tertiary alicyclic amines) is 1. The Morgan fingerprint density at radius 3 is 2.52 bits per heavy atom. The third-order valence-corrected chi connectivity index (χ3v) is 4.43. The van der Waals surface area contributed by atoms with E-state index in [1.165, 1.54) is 0 Å². The lowest BCUT2D eigenvalue weighted by Crippen LogP contribution is -2.38. The first-order chi connectivity index (χ1) is 11.3. The van der Waals surface area contributed by atoms with E-state index >= 15 is 0 Å². The lowest BCUT2D eigenvalue weighted by molar-refractivity contribution is 0.0788. The zero-order valence-corrected chi connectivity index (χ0v) is 13.3. The number of pyridine rings is 1. The van der Waals surface area contributed by atoms with Gasteiger partial charge in [0.1, 0.15) is 0 Å². The fourth-order valence-electron chi connectivity index (χ4n) is 3.00. The zero-order valence-electron chi connectivity index (χ0n) is 13.3. The van der Waals surface area contributed by atoms with Crippen LogP contribution in [-0.2, 0) is 0 Å². The van der Waals surface area contributed by atoms with Crippen LogP contribution in [0.5, 0.6) is 5.88 Å². The van der Waals surface area contributed by atoms with Gasteiger partial charge in [0, 0.05) is 18.8 Å². The van der Waals surface area contributed by atoms with E-state index in [2.05, 4.69) is 9.88 Å². The molecule has 1 aromatic heterocycles. The van der Waals surface area contributed by atoms with E-state index in [0.717, 1.165) is 38.1 Å². The molecule has 0 aliphatic carbocycles. The molecule has 1 aliphatic rings. The number of piperidine rings is 1. The molecule has 0 radical (unpaired) electrons. The van der Waals surface area contributed by atoms with Gasteiger partial charge in [0.2, 0.25) is 5.88 Å². The van der Waals surface area contributed by atoms with Crippen LogP contribution in [-0.4, -0.2) is 41.2 Å². The average Bonchev–Trinajstić information content (AvgIpc) is 2.63. The Hall–Kier alpha value is -1.91. The van der Waals surface area contributed by atoms with Crippen LogP contribution in [0.4, 0.5) is 0 Å². The fourth-order valence-corrected chi connectivity index (χ4v) is 3.00. The molecule has 2 aromatic rings. The number of aromatic nitrogens is 1. The van der Waals surface area contributed by atoms with Crippen molar-refractivity contribution in [3.63, 3.8) is 0 Å². The minimum atomic E-state index is -0.405. The van der Waals surface area contributed by atoms with Gasteiger partial charge in [0.25, 0.3) is 0 Å². The number of ether oxygens (including phenoxy) is 1. The second kappa shape index (κ2) is 8.09. The van der Waals surface area contributed by atoms with Gasteiger partial charge >= 0.3 is 0 Å². The van der Waals surface area contributed by atoms with Crippen LogP contribution in [0.1, 0.15) is 24.5 Å². The first-order valence-electron chi connectivity index (χ1n) is 8.30. The van der Waals surface area contributed by atoms with Gasteiger partial charge < -0.3 is 14.7 Å². The van der Waals surface area contributed by atoms with Gasteiger partial charge in [-0.2, -0.15) is 0 Å². The Morgan fingerprint density at radius 1 is 1.09 bits per heavy atom. The number of nitrogens with zero attached hydrogens (tertiary/aromatic N) is 2. The Kier molecular flexibility index (Phi) is 5.61. The monoisotopic (exact) mass is 312 g/mol. The van der Waals surface area contributed by atoms with Crippen molar-refractivity contribution in [1.82, 2.24) is 9.88 Å².